The third-order valence-electron chi connectivity index (χ3n) is 5.55. The first-order chi connectivity index (χ1) is 17.0. The van der Waals surface area contributed by atoms with E-state index < -0.39 is 35.7 Å². The number of ether oxygens (including phenoxy) is 4. The molecule has 3 unspecified atom stereocenters. The van der Waals surface area contributed by atoms with Crippen molar-refractivity contribution in [3.05, 3.63) is 53.6 Å². The van der Waals surface area contributed by atoms with Gasteiger partial charge in [0, 0.05) is 0 Å². The molecule has 0 radical (unpaired) electrons. The number of rotatable bonds is 12. The standard InChI is InChI=1S/C27H37NO8/c1-27(2,3)36-26(32)28-20(13-17-10-8-7-9-11-17)21(29)16-19(25(30)31)12-18-14-22(33-4)24(35-6)23(15-18)34-5/h7-11,14-15,19-21,29H,12-13,16H2,1-6H3,(H,28,32)(H,30,31). The van der Waals surface area contributed by atoms with Crippen LogP contribution in [0.15, 0.2) is 42.5 Å². The van der Waals surface area contributed by atoms with Gasteiger partial charge in [0.05, 0.1) is 39.4 Å². The number of carbonyl (C=O) groups excluding carboxylic acids is 1. The highest BCUT2D eigenvalue weighted by Crippen LogP contribution is 2.39. The van der Waals surface area contributed by atoms with Crippen molar-refractivity contribution in [2.75, 3.05) is 21.3 Å². The van der Waals surface area contributed by atoms with Crippen LogP contribution in [-0.4, -0.2) is 61.4 Å². The summed E-state index contributed by atoms with van der Waals surface area (Å²) in [6.07, 6.45) is -1.52. The van der Waals surface area contributed by atoms with Gasteiger partial charge in [-0.3, -0.25) is 4.79 Å². The molecule has 198 valence electrons. The molecule has 0 saturated carbocycles. The number of amides is 1. The fraction of sp³-hybridized carbons (Fsp3) is 0.481. The van der Waals surface area contributed by atoms with Crippen molar-refractivity contribution in [2.45, 2.75) is 57.8 Å². The molecule has 0 aliphatic carbocycles. The summed E-state index contributed by atoms with van der Waals surface area (Å²) in [4.78, 5) is 24.6. The third kappa shape index (κ3) is 8.64. The van der Waals surface area contributed by atoms with Crippen LogP contribution in [0.4, 0.5) is 4.79 Å². The summed E-state index contributed by atoms with van der Waals surface area (Å²) in [5, 5.41) is 23.7. The van der Waals surface area contributed by atoms with Crippen LogP contribution in [0.5, 0.6) is 17.2 Å². The smallest absolute Gasteiger partial charge is 0.407 e. The Morgan fingerprint density at radius 2 is 1.50 bits per heavy atom. The van der Waals surface area contributed by atoms with Crippen LogP contribution in [-0.2, 0) is 22.4 Å². The summed E-state index contributed by atoms with van der Waals surface area (Å²) < 4.78 is 21.4. The van der Waals surface area contributed by atoms with Gasteiger partial charge in [0.25, 0.3) is 0 Å². The molecule has 9 heteroatoms. The number of carboxylic acids is 1. The van der Waals surface area contributed by atoms with E-state index in [4.69, 9.17) is 18.9 Å². The van der Waals surface area contributed by atoms with Gasteiger partial charge in [-0.2, -0.15) is 0 Å². The summed E-state index contributed by atoms with van der Waals surface area (Å²) in [5.74, 6) is -0.796. The second-order valence-electron chi connectivity index (χ2n) is 9.52. The SMILES string of the molecule is COc1cc(CC(CC(O)C(Cc2ccccc2)NC(=O)OC(C)(C)C)C(=O)O)cc(OC)c1OC. The van der Waals surface area contributed by atoms with Gasteiger partial charge in [-0.25, -0.2) is 4.79 Å². The van der Waals surface area contributed by atoms with E-state index >= 15 is 0 Å². The molecule has 0 heterocycles. The van der Waals surface area contributed by atoms with Gasteiger partial charge < -0.3 is 34.5 Å². The van der Waals surface area contributed by atoms with E-state index in [1.54, 1.807) is 32.9 Å². The molecule has 3 N–H and O–H groups in total. The number of hydrogen-bond acceptors (Lipinski definition) is 7. The molecule has 0 spiro atoms. The molecule has 0 aromatic heterocycles. The molecule has 3 atom stereocenters. The summed E-state index contributed by atoms with van der Waals surface area (Å²) in [7, 11) is 4.45. The fourth-order valence-electron chi connectivity index (χ4n) is 3.88. The van der Waals surface area contributed by atoms with Crippen LogP contribution in [0.25, 0.3) is 0 Å². The summed E-state index contributed by atoms with van der Waals surface area (Å²) in [6.45, 7) is 5.23. The van der Waals surface area contributed by atoms with Gasteiger partial charge in [-0.05, 0) is 63.3 Å². The van der Waals surface area contributed by atoms with Crippen LogP contribution >= 0.6 is 0 Å². The van der Waals surface area contributed by atoms with Crippen molar-refractivity contribution in [1.29, 1.82) is 0 Å². The highest BCUT2D eigenvalue weighted by Gasteiger charge is 2.30. The molecule has 0 fully saturated rings. The van der Waals surface area contributed by atoms with Crippen LogP contribution in [0, 0.1) is 5.92 Å². The highest BCUT2D eigenvalue weighted by molar-refractivity contribution is 5.71. The lowest BCUT2D eigenvalue weighted by Crippen LogP contribution is -2.47. The second kappa shape index (κ2) is 13.0. The number of benzene rings is 2. The number of carboxylic acid groups (broad SMARTS) is 1. The number of aliphatic hydroxyl groups excluding tert-OH is 1. The number of aliphatic hydroxyl groups is 1. The molecule has 2 aromatic rings. The lowest BCUT2D eigenvalue weighted by atomic mass is 9.89. The molecule has 9 nitrogen and oxygen atoms in total. The Hall–Kier alpha value is -3.46. The largest absolute Gasteiger partial charge is 0.493 e. The Morgan fingerprint density at radius 1 is 0.917 bits per heavy atom. The minimum absolute atomic E-state index is 0.0979. The zero-order chi connectivity index (χ0) is 26.9. The number of hydrogen-bond donors (Lipinski definition) is 3. The van der Waals surface area contributed by atoms with Crippen molar-refractivity contribution in [3.63, 3.8) is 0 Å². The van der Waals surface area contributed by atoms with Crippen molar-refractivity contribution >= 4 is 12.1 Å². The van der Waals surface area contributed by atoms with Crippen molar-refractivity contribution < 1.29 is 38.7 Å². The first-order valence-electron chi connectivity index (χ1n) is 11.7. The fourth-order valence-corrected chi connectivity index (χ4v) is 3.88. The zero-order valence-corrected chi connectivity index (χ0v) is 21.7. The molecule has 0 aliphatic heterocycles. The molecule has 0 aliphatic rings. The predicted molar refractivity (Wildman–Crippen MR) is 135 cm³/mol. The van der Waals surface area contributed by atoms with E-state index in [9.17, 15) is 19.8 Å². The average Bonchev–Trinajstić information content (AvgIpc) is 2.81. The Labute approximate surface area is 212 Å². The first-order valence-corrected chi connectivity index (χ1v) is 11.7. The van der Waals surface area contributed by atoms with E-state index in [1.807, 2.05) is 30.3 Å². The lowest BCUT2D eigenvalue weighted by molar-refractivity contribution is -0.143. The van der Waals surface area contributed by atoms with Gasteiger partial charge in [0.15, 0.2) is 11.5 Å². The van der Waals surface area contributed by atoms with Gasteiger partial charge in [0.1, 0.15) is 5.60 Å². The zero-order valence-electron chi connectivity index (χ0n) is 21.7. The molecule has 1 amide bonds. The quantitative estimate of drug-likeness (QED) is 0.399. The molecule has 2 rings (SSSR count). The average molecular weight is 504 g/mol. The topological polar surface area (TPSA) is 124 Å². The van der Waals surface area contributed by atoms with Crippen molar-refractivity contribution in [1.82, 2.24) is 5.32 Å². The van der Waals surface area contributed by atoms with E-state index in [2.05, 4.69) is 5.32 Å². The Balaban J connectivity index is 2.26. The number of carbonyl (C=O) groups is 2. The number of alkyl carbamates (subject to hydrolysis) is 1. The maximum atomic E-state index is 12.5. The maximum absolute atomic E-state index is 12.5. The van der Waals surface area contributed by atoms with E-state index in [0.717, 1.165) is 5.56 Å². The third-order valence-corrected chi connectivity index (χ3v) is 5.55. The molecular formula is C27H37NO8. The Morgan fingerprint density at radius 3 is 1.97 bits per heavy atom. The minimum atomic E-state index is -1.15. The molecule has 0 saturated heterocycles. The van der Waals surface area contributed by atoms with Gasteiger partial charge in [-0.15, -0.1) is 0 Å². The summed E-state index contributed by atoms with van der Waals surface area (Å²) >= 11 is 0. The van der Waals surface area contributed by atoms with Gasteiger partial charge in [0.2, 0.25) is 5.75 Å². The summed E-state index contributed by atoms with van der Waals surface area (Å²) in [6, 6.07) is 11.9. The van der Waals surface area contributed by atoms with Gasteiger partial charge >= 0.3 is 12.1 Å². The Kier molecular flexibility index (Phi) is 10.4. The Bertz CT molecular complexity index is 978. The van der Waals surface area contributed by atoms with Crippen LogP contribution < -0.4 is 19.5 Å². The molecular weight excluding hydrogens is 466 g/mol. The second-order valence-corrected chi connectivity index (χ2v) is 9.52. The van der Waals surface area contributed by atoms with Crippen LogP contribution in [0.1, 0.15) is 38.3 Å². The van der Waals surface area contributed by atoms with Crippen LogP contribution in [0.3, 0.4) is 0 Å². The normalized spacial score (nSPS) is 13.8. The monoisotopic (exact) mass is 503 g/mol. The maximum Gasteiger partial charge on any atom is 0.407 e. The number of nitrogens with one attached hydrogen (secondary N) is 1. The molecule has 0 bridgehead atoms. The van der Waals surface area contributed by atoms with Crippen molar-refractivity contribution in [3.8, 4) is 17.2 Å². The molecule has 2 aromatic carbocycles. The minimum Gasteiger partial charge on any atom is -0.493 e. The van der Waals surface area contributed by atoms with E-state index in [0.29, 0.717) is 29.2 Å². The van der Waals surface area contributed by atoms with Gasteiger partial charge in [-0.1, -0.05) is 30.3 Å². The van der Waals surface area contributed by atoms with E-state index in [1.165, 1.54) is 21.3 Å². The van der Waals surface area contributed by atoms with E-state index in [-0.39, 0.29) is 12.8 Å². The number of methoxy groups -OCH3 is 3. The predicted octanol–water partition coefficient (Wildman–Crippen LogP) is 3.84. The molecule has 36 heavy (non-hydrogen) atoms. The summed E-state index contributed by atoms with van der Waals surface area (Å²) in [5.41, 5.74) is 0.806. The lowest BCUT2D eigenvalue weighted by Gasteiger charge is -2.28. The van der Waals surface area contributed by atoms with Crippen LogP contribution in [0.2, 0.25) is 0 Å². The van der Waals surface area contributed by atoms with Crippen molar-refractivity contribution in [2.24, 2.45) is 5.92 Å². The first kappa shape index (κ1) is 28.8. The number of aliphatic carboxylic acids is 1. The highest BCUT2D eigenvalue weighted by atomic mass is 16.6.